The highest BCUT2D eigenvalue weighted by atomic mass is 32.2. The average molecular weight is 415 g/mol. The molecule has 0 aromatic heterocycles. The molecule has 2 rings (SSSR count). The summed E-state index contributed by atoms with van der Waals surface area (Å²) in [6.07, 6.45) is 0. The summed E-state index contributed by atoms with van der Waals surface area (Å²) in [6.45, 7) is 21.1. The second kappa shape index (κ2) is 8.26. The highest BCUT2D eigenvalue weighted by molar-refractivity contribution is 7.97. The summed E-state index contributed by atoms with van der Waals surface area (Å²) in [4.78, 5) is 0. The summed E-state index contributed by atoms with van der Waals surface area (Å²) in [6, 6.07) is 4.28. The van der Waals surface area contributed by atoms with Gasteiger partial charge in [-0.25, -0.2) is 0 Å². The van der Waals surface area contributed by atoms with Crippen LogP contribution in [-0.4, -0.2) is 10.2 Å². The highest BCUT2D eigenvalue weighted by Crippen LogP contribution is 2.40. The highest BCUT2D eigenvalue weighted by Gasteiger charge is 2.23. The molecule has 160 valence electrons. The Labute approximate surface area is 181 Å². The van der Waals surface area contributed by atoms with E-state index in [0.29, 0.717) is 11.5 Å². The topological polar surface area (TPSA) is 40.5 Å². The second-order valence-electron chi connectivity index (χ2n) is 10.4. The molecule has 0 unspecified atom stereocenters. The summed E-state index contributed by atoms with van der Waals surface area (Å²) >= 11 is 1.84. The van der Waals surface area contributed by atoms with Crippen LogP contribution >= 0.6 is 11.8 Å². The second-order valence-corrected chi connectivity index (χ2v) is 11.4. The number of hydrogen-bond donors (Lipinski definition) is 2. The molecule has 0 atom stereocenters. The first-order valence-electron chi connectivity index (χ1n) is 10.4. The minimum atomic E-state index is -0.0776. The van der Waals surface area contributed by atoms with Crippen LogP contribution in [0.5, 0.6) is 11.5 Å². The Morgan fingerprint density at radius 2 is 0.966 bits per heavy atom. The number of hydrogen-bond acceptors (Lipinski definition) is 3. The molecule has 0 heterocycles. The Bertz CT molecular complexity index is 837. The van der Waals surface area contributed by atoms with Gasteiger partial charge in [0, 0.05) is 11.5 Å². The van der Waals surface area contributed by atoms with E-state index in [2.05, 4.69) is 67.5 Å². The van der Waals surface area contributed by atoms with E-state index in [1.54, 1.807) is 0 Å². The van der Waals surface area contributed by atoms with Crippen LogP contribution in [0.2, 0.25) is 0 Å². The minimum Gasteiger partial charge on any atom is -0.507 e. The predicted octanol–water partition coefficient (Wildman–Crippen LogP) is 7.36. The molecule has 0 radical (unpaired) electrons. The number of aryl methyl sites for hydroxylation is 2. The van der Waals surface area contributed by atoms with Gasteiger partial charge in [0.2, 0.25) is 0 Å². The zero-order valence-electron chi connectivity index (χ0n) is 19.9. The first-order valence-corrected chi connectivity index (χ1v) is 11.5. The lowest BCUT2D eigenvalue weighted by molar-refractivity contribution is 0.441. The Morgan fingerprint density at radius 1 is 0.655 bits per heavy atom. The van der Waals surface area contributed by atoms with Crippen molar-refractivity contribution in [3.63, 3.8) is 0 Å². The number of rotatable bonds is 4. The van der Waals surface area contributed by atoms with Crippen molar-refractivity contribution < 1.29 is 10.2 Å². The Kier molecular flexibility index (Phi) is 6.74. The summed E-state index contributed by atoms with van der Waals surface area (Å²) in [5.41, 5.74) is 8.74. The zero-order chi connectivity index (χ0) is 22.3. The summed E-state index contributed by atoms with van der Waals surface area (Å²) in [5.74, 6) is 2.54. The SMILES string of the molecule is Cc1cc(C(C)(C)C)c(O)c(C)c1CSCc1c(C)cc(C(C)(C)C)c(O)c1C. The predicted molar refractivity (Wildman–Crippen MR) is 128 cm³/mol. The van der Waals surface area contributed by atoms with Crippen LogP contribution in [0.1, 0.15) is 86.1 Å². The van der Waals surface area contributed by atoms with Gasteiger partial charge in [0.1, 0.15) is 11.5 Å². The minimum absolute atomic E-state index is 0.0776. The molecular formula is C26H38O2S. The number of benzene rings is 2. The molecule has 2 nitrogen and oxygen atoms in total. The molecule has 0 saturated carbocycles. The Balaban J connectivity index is 2.28. The molecule has 0 saturated heterocycles. The fraction of sp³-hybridized carbons (Fsp3) is 0.538. The van der Waals surface area contributed by atoms with Gasteiger partial charge in [0.05, 0.1) is 0 Å². The molecule has 2 N–H and O–H groups in total. The lowest BCUT2D eigenvalue weighted by Crippen LogP contribution is -2.13. The zero-order valence-corrected chi connectivity index (χ0v) is 20.7. The first kappa shape index (κ1) is 23.7. The lowest BCUT2D eigenvalue weighted by atomic mass is 9.83. The van der Waals surface area contributed by atoms with Crippen molar-refractivity contribution in [3.8, 4) is 11.5 Å². The standard InChI is InChI=1S/C26H38O2S/c1-15-11-21(25(5,6)7)23(27)17(3)19(15)13-29-14-20-16(2)12-22(26(8,9)10)24(28)18(20)4/h11-12,27-28H,13-14H2,1-10H3. The third-order valence-electron chi connectivity index (χ3n) is 5.91. The molecule has 0 spiro atoms. The quantitative estimate of drug-likeness (QED) is 0.549. The number of phenols is 2. The number of aromatic hydroxyl groups is 2. The summed E-state index contributed by atoms with van der Waals surface area (Å²) in [7, 11) is 0. The average Bonchev–Trinajstić information content (AvgIpc) is 2.57. The molecule has 0 bridgehead atoms. The van der Waals surface area contributed by atoms with E-state index in [-0.39, 0.29) is 10.8 Å². The third-order valence-corrected chi connectivity index (χ3v) is 6.89. The third kappa shape index (κ3) is 4.94. The monoisotopic (exact) mass is 414 g/mol. The van der Waals surface area contributed by atoms with E-state index in [9.17, 15) is 10.2 Å². The lowest BCUT2D eigenvalue weighted by Gasteiger charge is -2.25. The van der Waals surface area contributed by atoms with Crippen LogP contribution in [0.25, 0.3) is 0 Å². The van der Waals surface area contributed by atoms with Gasteiger partial charge in [-0.1, -0.05) is 53.7 Å². The van der Waals surface area contributed by atoms with Crippen LogP contribution in [0.4, 0.5) is 0 Å². The Morgan fingerprint density at radius 3 is 1.24 bits per heavy atom. The van der Waals surface area contributed by atoms with Crippen molar-refractivity contribution in [1.29, 1.82) is 0 Å². The van der Waals surface area contributed by atoms with Gasteiger partial charge in [-0.3, -0.25) is 0 Å². The molecule has 0 aliphatic heterocycles. The molecule has 0 fully saturated rings. The summed E-state index contributed by atoms with van der Waals surface area (Å²) < 4.78 is 0. The van der Waals surface area contributed by atoms with Crippen molar-refractivity contribution in [2.75, 3.05) is 0 Å². The van der Waals surface area contributed by atoms with Crippen LogP contribution in [-0.2, 0) is 22.3 Å². The fourth-order valence-corrected chi connectivity index (χ4v) is 5.27. The summed E-state index contributed by atoms with van der Waals surface area (Å²) in [5, 5.41) is 21.5. The van der Waals surface area contributed by atoms with Crippen molar-refractivity contribution in [2.24, 2.45) is 0 Å². The van der Waals surface area contributed by atoms with Crippen molar-refractivity contribution >= 4 is 11.8 Å². The van der Waals surface area contributed by atoms with Crippen LogP contribution in [0.15, 0.2) is 12.1 Å². The van der Waals surface area contributed by atoms with Crippen molar-refractivity contribution in [3.05, 3.63) is 56.6 Å². The molecule has 0 aliphatic rings. The number of thioether (sulfide) groups is 1. The van der Waals surface area contributed by atoms with Crippen LogP contribution < -0.4 is 0 Å². The van der Waals surface area contributed by atoms with Gasteiger partial charge in [-0.05, 0) is 83.0 Å². The van der Waals surface area contributed by atoms with Gasteiger partial charge in [-0.2, -0.15) is 11.8 Å². The molecule has 0 amide bonds. The van der Waals surface area contributed by atoms with Gasteiger partial charge < -0.3 is 10.2 Å². The van der Waals surface area contributed by atoms with Crippen molar-refractivity contribution in [2.45, 2.75) is 91.6 Å². The Hall–Kier alpha value is -1.61. The first-order chi connectivity index (χ1) is 13.2. The van der Waals surface area contributed by atoms with Gasteiger partial charge >= 0.3 is 0 Å². The normalized spacial score (nSPS) is 12.5. The molecule has 2 aromatic carbocycles. The maximum atomic E-state index is 10.7. The molecule has 2 aromatic rings. The molecule has 3 heteroatoms. The van der Waals surface area contributed by atoms with E-state index >= 15 is 0 Å². The van der Waals surface area contributed by atoms with Gasteiger partial charge in [-0.15, -0.1) is 0 Å². The molecule has 0 aliphatic carbocycles. The van der Waals surface area contributed by atoms with E-state index in [1.807, 2.05) is 25.6 Å². The van der Waals surface area contributed by atoms with Crippen LogP contribution in [0, 0.1) is 27.7 Å². The largest absolute Gasteiger partial charge is 0.507 e. The van der Waals surface area contributed by atoms with E-state index < -0.39 is 0 Å². The molecule has 29 heavy (non-hydrogen) atoms. The maximum Gasteiger partial charge on any atom is 0.122 e. The smallest absolute Gasteiger partial charge is 0.122 e. The van der Waals surface area contributed by atoms with Crippen LogP contribution in [0.3, 0.4) is 0 Å². The van der Waals surface area contributed by atoms with E-state index in [0.717, 1.165) is 33.8 Å². The van der Waals surface area contributed by atoms with E-state index in [1.165, 1.54) is 22.3 Å². The molecular weight excluding hydrogens is 376 g/mol. The van der Waals surface area contributed by atoms with E-state index in [4.69, 9.17) is 0 Å². The van der Waals surface area contributed by atoms with Crippen molar-refractivity contribution in [1.82, 2.24) is 0 Å². The maximum absolute atomic E-state index is 10.7. The van der Waals surface area contributed by atoms with Gasteiger partial charge in [0.25, 0.3) is 0 Å². The van der Waals surface area contributed by atoms with Gasteiger partial charge in [0.15, 0.2) is 0 Å². The fourth-order valence-electron chi connectivity index (χ4n) is 3.87. The number of phenolic OH excluding ortho intramolecular Hbond substituents is 2.